The second kappa shape index (κ2) is 9.86. The predicted octanol–water partition coefficient (Wildman–Crippen LogP) is 0.584. The Balaban J connectivity index is 1.47. The summed E-state index contributed by atoms with van der Waals surface area (Å²) >= 11 is 0. The molecule has 2 bridgehead atoms. The Morgan fingerprint density at radius 2 is 1.90 bits per heavy atom. The summed E-state index contributed by atoms with van der Waals surface area (Å²) in [5.74, 6) is -5.15. The van der Waals surface area contributed by atoms with Crippen molar-refractivity contribution in [1.82, 2.24) is 4.90 Å². The first-order valence-corrected chi connectivity index (χ1v) is 13.2. The van der Waals surface area contributed by atoms with E-state index in [2.05, 4.69) is 4.90 Å². The van der Waals surface area contributed by atoms with Crippen LogP contribution in [0.3, 0.4) is 0 Å². The fraction of sp³-hybridized carbons (Fsp3) is 0.571. The largest absolute Gasteiger partial charge is 0.481 e. The van der Waals surface area contributed by atoms with Gasteiger partial charge in [-0.25, -0.2) is 9.59 Å². The van der Waals surface area contributed by atoms with Crippen LogP contribution in [-0.4, -0.2) is 87.6 Å². The van der Waals surface area contributed by atoms with Crippen LogP contribution in [0.5, 0.6) is 5.75 Å². The highest BCUT2D eigenvalue weighted by Crippen LogP contribution is 2.64. The molecule has 4 aliphatic rings. The van der Waals surface area contributed by atoms with Crippen molar-refractivity contribution in [2.45, 2.75) is 82.0 Å². The molecule has 2 aliphatic carbocycles. The number of aliphatic hydroxyl groups is 2. The number of carbonyl (C=O) groups is 4. The molecule has 1 aromatic rings. The molecule has 1 aromatic carbocycles. The molecule has 5 rings (SSSR count). The van der Waals surface area contributed by atoms with Crippen LogP contribution in [0.25, 0.3) is 0 Å². The maximum atomic E-state index is 13.4. The Kier molecular flexibility index (Phi) is 6.92. The molecule has 12 nitrogen and oxygen atoms in total. The van der Waals surface area contributed by atoms with Gasteiger partial charge in [-0.2, -0.15) is 0 Å². The second-order valence-corrected chi connectivity index (χ2v) is 11.1. The monoisotopic (exact) mass is 559 g/mol. The number of benzene rings is 1. The van der Waals surface area contributed by atoms with Gasteiger partial charge >= 0.3 is 23.9 Å². The van der Waals surface area contributed by atoms with Crippen molar-refractivity contribution >= 4 is 23.9 Å². The summed E-state index contributed by atoms with van der Waals surface area (Å²) < 4.78 is 22.1. The molecule has 7 atom stereocenters. The molecule has 0 amide bonds. The summed E-state index contributed by atoms with van der Waals surface area (Å²) in [6, 6.07) is 3.54. The first-order valence-electron chi connectivity index (χ1n) is 13.2. The lowest BCUT2D eigenvalue weighted by molar-refractivity contribution is -0.183. The number of carboxylic acid groups (broad SMARTS) is 1. The van der Waals surface area contributed by atoms with E-state index in [1.165, 1.54) is 6.92 Å². The predicted molar refractivity (Wildman–Crippen MR) is 135 cm³/mol. The lowest BCUT2D eigenvalue weighted by Crippen LogP contribution is -2.74. The minimum absolute atomic E-state index is 0.145. The number of likely N-dealkylation sites (tertiary alicyclic amines) is 1. The molecular formula is C28H33NO11. The van der Waals surface area contributed by atoms with Crippen LogP contribution in [0, 0.1) is 5.92 Å². The van der Waals surface area contributed by atoms with Crippen molar-refractivity contribution in [2.24, 2.45) is 5.92 Å². The van der Waals surface area contributed by atoms with Crippen LogP contribution in [0.1, 0.15) is 50.3 Å². The number of nitrogens with zero attached hydrogens (tertiary/aromatic N) is 1. The number of carboxylic acids is 1. The lowest BCUT2D eigenvalue weighted by atomic mass is 9.50. The van der Waals surface area contributed by atoms with Gasteiger partial charge in [0.15, 0.2) is 12.2 Å². The summed E-state index contributed by atoms with van der Waals surface area (Å²) in [4.78, 5) is 51.0. The summed E-state index contributed by atoms with van der Waals surface area (Å²) in [5, 5.41) is 31.4. The van der Waals surface area contributed by atoms with Crippen LogP contribution in [0.2, 0.25) is 0 Å². The summed E-state index contributed by atoms with van der Waals surface area (Å²) in [7, 11) is 1.97. The molecular weight excluding hydrogens is 526 g/mol. The highest BCUT2D eigenvalue weighted by Gasteiger charge is 2.72. The van der Waals surface area contributed by atoms with Gasteiger partial charge in [0.2, 0.25) is 6.10 Å². The Morgan fingerprint density at radius 1 is 1.18 bits per heavy atom. The van der Waals surface area contributed by atoms with Gasteiger partial charge in [-0.15, -0.1) is 0 Å². The zero-order valence-corrected chi connectivity index (χ0v) is 22.7. The molecule has 1 fully saturated rings. The van der Waals surface area contributed by atoms with Gasteiger partial charge in [-0.05, 0) is 51.9 Å². The molecule has 0 radical (unpaired) electrons. The number of hydrogen-bond donors (Lipinski definition) is 3. The molecule has 0 saturated carbocycles. The zero-order chi connectivity index (χ0) is 29.1. The molecule has 216 valence electrons. The smallest absolute Gasteiger partial charge is 0.349 e. The van der Waals surface area contributed by atoms with Crippen molar-refractivity contribution in [1.29, 1.82) is 0 Å². The SMILES string of the molecule is CC(=O)O[C@H](C(=O)O[C@@H](C)C(=O)O)[C@H](C)C(=O)OC1=CC[C@@]2(O)[C@H]3Cc4ccc(CO)c5c4[C@@]2(CCN3C)[C@H]1O5. The molecule has 2 aliphatic heterocycles. The van der Waals surface area contributed by atoms with Crippen LogP contribution >= 0.6 is 0 Å². The summed E-state index contributed by atoms with van der Waals surface area (Å²) in [6.45, 7) is 3.87. The number of ether oxygens (including phenoxy) is 4. The van der Waals surface area contributed by atoms with E-state index in [-0.39, 0.29) is 24.8 Å². The average molecular weight is 560 g/mol. The van der Waals surface area contributed by atoms with Gasteiger partial charge in [0, 0.05) is 30.5 Å². The zero-order valence-electron chi connectivity index (χ0n) is 22.7. The Bertz CT molecular complexity index is 1310. The van der Waals surface area contributed by atoms with Crippen molar-refractivity contribution in [2.75, 3.05) is 13.6 Å². The van der Waals surface area contributed by atoms with E-state index in [0.29, 0.717) is 30.7 Å². The van der Waals surface area contributed by atoms with E-state index in [0.717, 1.165) is 25.0 Å². The van der Waals surface area contributed by atoms with E-state index >= 15 is 0 Å². The van der Waals surface area contributed by atoms with Crippen molar-refractivity contribution < 1.29 is 53.4 Å². The highest BCUT2D eigenvalue weighted by molar-refractivity contribution is 5.87. The van der Waals surface area contributed by atoms with E-state index in [1.807, 2.05) is 13.1 Å². The maximum absolute atomic E-state index is 13.4. The summed E-state index contributed by atoms with van der Waals surface area (Å²) in [6.07, 6.45) is -1.27. The highest BCUT2D eigenvalue weighted by atomic mass is 16.6. The standard InChI is InChI=1S/C28H33NO11/c1-13(21(38-15(3)31)26(35)37-14(2)24(32)33)25(34)39-18-7-8-28(36)19-11-16-5-6-17(12-30)22-20(16)27(28,23(18)40-22)9-10-29(19)4/h5-7,13-14,19,21,23,30,36H,8-12H2,1-4H3,(H,32,33)/t13-,14-,19+,21-,23-,27-,28+/m0/s1. The second-order valence-electron chi connectivity index (χ2n) is 11.1. The number of piperidine rings is 1. The maximum Gasteiger partial charge on any atom is 0.349 e. The van der Waals surface area contributed by atoms with Gasteiger partial charge in [0.25, 0.3) is 0 Å². The Morgan fingerprint density at radius 3 is 2.55 bits per heavy atom. The van der Waals surface area contributed by atoms with Crippen LogP contribution in [-0.2, 0) is 51.8 Å². The van der Waals surface area contributed by atoms with Gasteiger partial charge in [0.05, 0.1) is 17.6 Å². The summed E-state index contributed by atoms with van der Waals surface area (Å²) in [5.41, 5.74) is 0.232. The topological polar surface area (TPSA) is 169 Å². The third-order valence-corrected chi connectivity index (χ3v) is 8.84. The van der Waals surface area contributed by atoms with E-state index in [4.69, 9.17) is 24.1 Å². The number of likely N-dealkylation sites (N-methyl/N-ethyl adjacent to an activating group) is 1. The number of esters is 3. The lowest BCUT2D eigenvalue weighted by Gasteiger charge is -2.61. The normalized spacial score (nSPS) is 30.1. The van der Waals surface area contributed by atoms with Gasteiger partial charge < -0.3 is 39.2 Å². The number of aliphatic carboxylic acids is 1. The first-order chi connectivity index (χ1) is 18.9. The van der Waals surface area contributed by atoms with Crippen molar-refractivity contribution in [3.8, 4) is 5.75 Å². The fourth-order valence-corrected chi connectivity index (χ4v) is 6.79. The van der Waals surface area contributed by atoms with Crippen LogP contribution in [0.4, 0.5) is 0 Å². The minimum Gasteiger partial charge on any atom is -0.481 e. The first kappa shape index (κ1) is 28.1. The number of hydrogen-bond acceptors (Lipinski definition) is 11. The number of rotatable bonds is 8. The van der Waals surface area contributed by atoms with Gasteiger partial charge in [-0.3, -0.25) is 9.59 Å². The van der Waals surface area contributed by atoms with Crippen molar-refractivity contribution in [3.05, 3.63) is 40.7 Å². The van der Waals surface area contributed by atoms with E-state index in [9.17, 15) is 29.4 Å². The number of aliphatic hydroxyl groups excluding tert-OH is 1. The molecule has 1 spiro atoms. The van der Waals surface area contributed by atoms with Crippen molar-refractivity contribution in [3.63, 3.8) is 0 Å². The molecule has 40 heavy (non-hydrogen) atoms. The molecule has 3 N–H and O–H groups in total. The fourth-order valence-electron chi connectivity index (χ4n) is 6.79. The van der Waals surface area contributed by atoms with Crippen LogP contribution in [0.15, 0.2) is 24.0 Å². The van der Waals surface area contributed by atoms with Gasteiger partial charge in [0.1, 0.15) is 17.4 Å². The van der Waals surface area contributed by atoms with E-state index in [1.54, 1.807) is 12.1 Å². The molecule has 1 saturated heterocycles. The molecule has 12 heteroatoms. The van der Waals surface area contributed by atoms with E-state index < -0.39 is 59.1 Å². The minimum atomic E-state index is -1.75. The Hall–Kier alpha value is -3.48. The molecule has 0 aromatic heterocycles. The number of carbonyl (C=O) groups excluding carboxylic acids is 3. The Labute approximate surface area is 230 Å². The molecule has 0 unspecified atom stereocenters. The average Bonchev–Trinajstić information content (AvgIpc) is 3.26. The third-order valence-electron chi connectivity index (χ3n) is 8.84. The van der Waals surface area contributed by atoms with Gasteiger partial charge in [-0.1, -0.05) is 12.1 Å². The molecule has 2 heterocycles. The van der Waals surface area contributed by atoms with Crippen LogP contribution < -0.4 is 4.74 Å². The third kappa shape index (κ3) is 4.00. The quantitative estimate of drug-likeness (QED) is 0.300.